The molecule has 0 aliphatic rings. The molecule has 0 atom stereocenters. The fourth-order valence-electron chi connectivity index (χ4n) is 3.68. The number of nitrogens with zero attached hydrogens (tertiary/aromatic N) is 2. The second-order valence-electron chi connectivity index (χ2n) is 8.30. The van der Waals surface area contributed by atoms with Crippen LogP contribution in [0.15, 0.2) is 60.9 Å². The largest absolute Gasteiger partial charge is 0.497 e. The Morgan fingerprint density at radius 2 is 1.25 bits per heavy atom. The lowest BCUT2D eigenvalue weighted by atomic mass is 10.1. The molecule has 0 saturated heterocycles. The predicted molar refractivity (Wildman–Crippen MR) is 131 cm³/mol. The van der Waals surface area contributed by atoms with Gasteiger partial charge in [-0.05, 0) is 60.4 Å². The van der Waals surface area contributed by atoms with E-state index in [-0.39, 0.29) is 0 Å². The SMILES string of the molecule is CCCCCCCCCCc1cnc(-c2ccc(OCc3ccc(OC)cc3)cc2)nc1. The molecule has 0 bridgehead atoms. The molecular formula is C28H36N2O2. The molecule has 0 fully saturated rings. The quantitative estimate of drug-likeness (QED) is 0.249. The van der Waals surface area contributed by atoms with E-state index in [2.05, 4.69) is 16.9 Å². The van der Waals surface area contributed by atoms with Crippen LogP contribution in [0.5, 0.6) is 11.5 Å². The van der Waals surface area contributed by atoms with Crippen molar-refractivity contribution in [1.29, 1.82) is 0 Å². The molecular weight excluding hydrogens is 396 g/mol. The monoisotopic (exact) mass is 432 g/mol. The third kappa shape index (κ3) is 7.99. The van der Waals surface area contributed by atoms with Gasteiger partial charge in [-0.25, -0.2) is 9.97 Å². The summed E-state index contributed by atoms with van der Waals surface area (Å²) in [6, 6.07) is 15.9. The lowest BCUT2D eigenvalue weighted by Crippen LogP contribution is -1.96. The van der Waals surface area contributed by atoms with Gasteiger partial charge in [0.15, 0.2) is 5.82 Å². The first-order chi connectivity index (χ1) is 15.8. The maximum absolute atomic E-state index is 5.89. The summed E-state index contributed by atoms with van der Waals surface area (Å²) >= 11 is 0. The normalized spacial score (nSPS) is 10.8. The second kappa shape index (κ2) is 13.5. The molecule has 170 valence electrons. The van der Waals surface area contributed by atoms with Crippen molar-refractivity contribution in [3.05, 3.63) is 72.1 Å². The molecule has 4 heteroatoms. The van der Waals surface area contributed by atoms with Gasteiger partial charge >= 0.3 is 0 Å². The number of unbranched alkanes of at least 4 members (excludes halogenated alkanes) is 7. The van der Waals surface area contributed by atoms with Gasteiger partial charge < -0.3 is 9.47 Å². The van der Waals surface area contributed by atoms with Gasteiger partial charge in [-0.2, -0.15) is 0 Å². The Bertz CT molecular complexity index is 890. The summed E-state index contributed by atoms with van der Waals surface area (Å²) in [5.74, 6) is 2.43. The van der Waals surface area contributed by atoms with Crippen molar-refractivity contribution in [3.8, 4) is 22.9 Å². The predicted octanol–water partition coefficient (Wildman–Crippen LogP) is 7.41. The Balaban J connectivity index is 1.40. The van der Waals surface area contributed by atoms with Crippen LogP contribution in [0, 0.1) is 0 Å². The molecule has 32 heavy (non-hydrogen) atoms. The van der Waals surface area contributed by atoms with Crippen LogP contribution in [-0.4, -0.2) is 17.1 Å². The van der Waals surface area contributed by atoms with Gasteiger partial charge in [0.25, 0.3) is 0 Å². The van der Waals surface area contributed by atoms with Gasteiger partial charge in [0.05, 0.1) is 7.11 Å². The van der Waals surface area contributed by atoms with Crippen molar-refractivity contribution in [2.45, 2.75) is 71.3 Å². The van der Waals surface area contributed by atoms with Gasteiger partial charge in [0.1, 0.15) is 18.1 Å². The summed E-state index contributed by atoms with van der Waals surface area (Å²) in [7, 11) is 1.67. The maximum atomic E-state index is 5.89. The summed E-state index contributed by atoms with van der Waals surface area (Å²) in [5.41, 5.74) is 3.32. The molecule has 0 aliphatic carbocycles. The van der Waals surface area contributed by atoms with Crippen LogP contribution in [0.3, 0.4) is 0 Å². The highest BCUT2D eigenvalue weighted by molar-refractivity contribution is 5.55. The summed E-state index contributed by atoms with van der Waals surface area (Å²) in [5, 5.41) is 0. The van der Waals surface area contributed by atoms with E-state index >= 15 is 0 Å². The maximum Gasteiger partial charge on any atom is 0.159 e. The van der Waals surface area contributed by atoms with Crippen molar-refractivity contribution in [1.82, 2.24) is 9.97 Å². The van der Waals surface area contributed by atoms with Gasteiger partial charge in [-0.3, -0.25) is 0 Å². The minimum atomic E-state index is 0.521. The molecule has 0 spiro atoms. The highest BCUT2D eigenvalue weighted by atomic mass is 16.5. The molecule has 0 amide bonds. The Labute approximate surface area is 193 Å². The van der Waals surface area contributed by atoms with Crippen LogP contribution in [-0.2, 0) is 13.0 Å². The number of methoxy groups -OCH3 is 1. The number of hydrogen-bond acceptors (Lipinski definition) is 4. The van der Waals surface area contributed by atoms with E-state index in [1.54, 1.807) is 7.11 Å². The summed E-state index contributed by atoms with van der Waals surface area (Å²) in [6.07, 6.45) is 15.7. The van der Waals surface area contributed by atoms with E-state index in [1.165, 1.54) is 56.9 Å². The van der Waals surface area contributed by atoms with Crippen molar-refractivity contribution >= 4 is 0 Å². The van der Waals surface area contributed by atoms with Crippen molar-refractivity contribution in [3.63, 3.8) is 0 Å². The molecule has 0 unspecified atom stereocenters. The second-order valence-corrected chi connectivity index (χ2v) is 8.30. The molecule has 3 aromatic rings. The van der Waals surface area contributed by atoms with E-state index in [9.17, 15) is 0 Å². The molecule has 3 rings (SSSR count). The summed E-state index contributed by atoms with van der Waals surface area (Å²) < 4.78 is 11.1. The van der Waals surface area contributed by atoms with Crippen LogP contribution in [0.25, 0.3) is 11.4 Å². The van der Waals surface area contributed by atoms with Gasteiger partial charge in [-0.1, -0.05) is 64.0 Å². The zero-order valence-corrected chi connectivity index (χ0v) is 19.6. The van der Waals surface area contributed by atoms with E-state index in [1.807, 2.05) is 60.9 Å². The molecule has 0 radical (unpaired) electrons. The molecule has 1 heterocycles. The molecule has 4 nitrogen and oxygen atoms in total. The van der Waals surface area contributed by atoms with Crippen LogP contribution < -0.4 is 9.47 Å². The number of aryl methyl sites for hydroxylation is 1. The molecule has 0 N–H and O–H groups in total. The van der Waals surface area contributed by atoms with E-state index < -0.39 is 0 Å². The Hall–Kier alpha value is -2.88. The fourth-order valence-corrected chi connectivity index (χ4v) is 3.68. The molecule has 0 aliphatic heterocycles. The number of benzene rings is 2. The highest BCUT2D eigenvalue weighted by Crippen LogP contribution is 2.21. The third-order valence-corrected chi connectivity index (χ3v) is 5.70. The van der Waals surface area contributed by atoms with E-state index in [4.69, 9.17) is 9.47 Å². The highest BCUT2D eigenvalue weighted by Gasteiger charge is 2.04. The van der Waals surface area contributed by atoms with Crippen LogP contribution in [0.4, 0.5) is 0 Å². The van der Waals surface area contributed by atoms with Gasteiger partial charge in [0, 0.05) is 18.0 Å². The summed E-state index contributed by atoms with van der Waals surface area (Å²) in [6.45, 7) is 2.79. The van der Waals surface area contributed by atoms with Crippen LogP contribution in [0.1, 0.15) is 69.4 Å². The van der Waals surface area contributed by atoms with Gasteiger partial charge in [-0.15, -0.1) is 0 Å². The minimum Gasteiger partial charge on any atom is -0.497 e. The number of hydrogen-bond donors (Lipinski definition) is 0. The zero-order chi connectivity index (χ0) is 22.4. The van der Waals surface area contributed by atoms with Crippen molar-refractivity contribution in [2.24, 2.45) is 0 Å². The van der Waals surface area contributed by atoms with Crippen molar-refractivity contribution in [2.75, 3.05) is 7.11 Å². The van der Waals surface area contributed by atoms with Crippen LogP contribution >= 0.6 is 0 Å². The lowest BCUT2D eigenvalue weighted by molar-refractivity contribution is 0.306. The first-order valence-corrected chi connectivity index (χ1v) is 12.0. The number of rotatable bonds is 14. The molecule has 2 aromatic carbocycles. The Morgan fingerprint density at radius 3 is 1.88 bits per heavy atom. The van der Waals surface area contributed by atoms with E-state index in [0.717, 1.165) is 34.9 Å². The zero-order valence-electron chi connectivity index (χ0n) is 19.6. The Kier molecular flexibility index (Phi) is 10.0. The first-order valence-electron chi connectivity index (χ1n) is 12.0. The fraction of sp³-hybridized carbons (Fsp3) is 0.429. The third-order valence-electron chi connectivity index (χ3n) is 5.70. The topological polar surface area (TPSA) is 44.2 Å². The lowest BCUT2D eigenvalue weighted by Gasteiger charge is -2.08. The average molecular weight is 433 g/mol. The first kappa shape index (κ1) is 23.8. The smallest absolute Gasteiger partial charge is 0.159 e. The molecule has 0 saturated carbocycles. The summed E-state index contributed by atoms with van der Waals surface area (Å²) in [4.78, 5) is 9.15. The van der Waals surface area contributed by atoms with Crippen molar-refractivity contribution < 1.29 is 9.47 Å². The van der Waals surface area contributed by atoms with Gasteiger partial charge in [0.2, 0.25) is 0 Å². The Morgan fingerprint density at radius 1 is 0.656 bits per heavy atom. The number of ether oxygens (including phenoxy) is 2. The minimum absolute atomic E-state index is 0.521. The van der Waals surface area contributed by atoms with E-state index in [0.29, 0.717) is 6.61 Å². The average Bonchev–Trinajstić information content (AvgIpc) is 2.85. The molecule has 1 aromatic heterocycles. The number of aromatic nitrogens is 2. The van der Waals surface area contributed by atoms with Crippen LogP contribution in [0.2, 0.25) is 0 Å². The standard InChI is InChI=1S/C28H36N2O2/c1-3-4-5-6-7-8-9-10-11-24-20-29-28(30-21-24)25-14-18-27(19-15-25)32-22-23-12-16-26(31-2)17-13-23/h12-21H,3-11,22H2,1-2H3.